The average molecular weight is 1810 g/mol. The van der Waals surface area contributed by atoms with Crippen LogP contribution in [-0.4, -0.2) is 278 Å². The number of nitrogens with one attached hydrogen (secondary N) is 10. The SMILES string of the molecule is CCCC[C@H]1C(=O)N2CCC[C@@H]2C(=O)N[C@@H](CC(=O)O)C(=O)N[C@@H](C(C)C)C(=O)N(C)[C@@H](C(C)CC)C(=O)N[C@@H](CCC(N)=O)C(=O)N2CCCC[C@@H]2C(=O)N[C@@H](Cc2c[nH]c3ccccc23)C(=O)N[C@@H](Cc2ccc(O)cc2)C(=O)N[C@@H](CCCN)C(=O)N[C@H](C(=O)NCC(N)=O)CSCC(=O)N[C@@H](Cc2ccc(F)cc2)C(=O)N(C)[C@@H](Cc2ccccc2)C(=O)N1C. The van der Waals surface area contributed by atoms with E-state index in [4.69, 9.17) is 17.2 Å². The van der Waals surface area contributed by atoms with Crippen LogP contribution >= 0.6 is 11.8 Å². The fourth-order valence-electron chi connectivity index (χ4n) is 16.2. The Balaban J connectivity index is 1.22. The minimum absolute atomic E-state index is 0.00224. The van der Waals surface area contributed by atoms with Gasteiger partial charge in [-0.1, -0.05) is 127 Å². The molecule has 18 N–H and O–H groups in total. The molecule has 3 fully saturated rings. The summed E-state index contributed by atoms with van der Waals surface area (Å²) in [5, 5.41) is 45.3. The second-order valence-corrected chi connectivity index (χ2v) is 34.5. The third-order valence-corrected chi connectivity index (χ3v) is 24.7. The monoisotopic (exact) mass is 1810 g/mol. The van der Waals surface area contributed by atoms with Gasteiger partial charge in [-0.3, -0.25) is 81.5 Å². The molecule has 3 saturated heterocycles. The number of unbranched alkanes of at least 4 members (excludes halogenated alkanes) is 1. The van der Waals surface area contributed by atoms with Gasteiger partial charge in [0.05, 0.1) is 18.7 Å². The third-order valence-electron chi connectivity index (χ3n) is 23.6. The van der Waals surface area contributed by atoms with Crippen molar-refractivity contribution in [1.82, 2.24) is 77.3 Å². The fraction of sp³-hybridized carbons (Fsp3) is 0.522. The van der Waals surface area contributed by atoms with E-state index in [-0.39, 0.29) is 96.0 Å². The summed E-state index contributed by atoms with van der Waals surface area (Å²) >= 11 is 0.773. The number of phenolic OH excluding ortho intramolecular Hbond substituents is 1. The Labute approximate surface area is 752 Å². The van der Waals surface area contributed by atoms with Crippen LogP contribution in [0.5, 0.6) is 5.75 Å². The van der Waals surface area contributed by atoms with Gasteiger partial charge in [-0.15, -0.1) is 11.8 Å². The molecule has 14 atom stereocenters. The number of nitrogens with two attached hydrogens (primary N) is 3. The smallest absolute Gasteiger partial charge is 0.305 e. The highest BCUT2D eigenvalue weighted by atomic mass is 32.2. The average Bonchev–Trinajstić information content (AvgIpc) is 1.72. The lowest BCUT2D eigenvalue weighted by atomic mass is 9.93. The number of carboxylic acid groups (broad SMARTS) is 1. The number of H-pyrrole nitrogens is 1. The molecular formula is C90H123FN18O19S. The summed E-state index contributed by atoms with van der Waals surface area (Å²) in [4.78, 5) is 258. The van der Waals surface area contributed by atoms with Gasteiger partial charge in [-0.05, 0) is 129 Å². The largest absolute Gasteiger partial charge is 0.508 e. The van der Waals surface area contributed by atoms with Crippen LogP contribution in [0.15, 0.2) is 109 Å². The van der Waals surface area contributed by atoms with E-state index >= 15 is 43.2 Å². The lowest BCUT2D eigenvalue weighted by Gasteiger charge is -2.39. The van der Waals surface area contributed by atoms with Crippen LogP contribution in [0, 0.1) is 17.7 Å². The second-order valence-electron chi connectivity index (χ2n) is 33.5. The summed E-state index contributed by atoms with van der Waals surface area (Å²) in [5.41, 5.74) is 19.6. The summed E-state index contributed by atoms with van der Waals surface area (Å²) < 4.78 is 14.6. The number of primary amides is 2. The number of fused-ring (bicyclic) bond motifs is 3. The van der Waals surface area contributed by atoms with Gasteiger partial charge in [-0.2, -0.15) is 0 Å². The number of likely N-dealkylation sites (N-methyl/N-ethyl adjacent to an activating group) is 3. The van der Waals surface area contributed by atoms with Crippen molar-refractivity contribution in [3.8, 4) is 5.75 Å². The number of carbonyl (C=O) groups excluding carboxylic acids is 16. The molecule has 1 unspecified atom stereocenters. The van der Waals surface area contributed by atoms with Crippen LogP contribution in [0.1, 0.15) is 147 Å². The van der Waals surface area contributed by atoms with Gasteiger partial charge in [0.15, 0.2) is 0 Å². The van der Waals surface area contributed by atoms with Crippen LogP contribution in [0.25, 0.3) is 10.9 Å². The van der Waals surface area contributed by atoms with Gasteiger partial charge < -0.3 is 105 Å². The van der Waals surface area contributed by atoms with Crippen LogP contribution in [-0.2, 0) is 107 Å². The van der Waals surface area contributed by atoms with Gasteiger partial charge in [0.1, 0.15) is 90.1 Å². The summed E-state index contributed by atoms with van der Waals surface area (Å²) in [6.07, 6.45) is 0.541. The molecule has 0 bridgehead atoms. The summed E-state index contributed by atoms with van der Waals surface area (Å²) in [6.45, 7) is 7.44. The standard InChI is InChI=1S/C90H123FN18O19S/c1-9-11-26-70-89(127)109-41-20-28-69(109)84(122)102-65(46-75(114)115)82(120)104-76(51(3)4)90(128)107(8)77(52(5)10-2)85(123)99-62(37-38-72(93)111)87(125)108-40-18-17-27-68(108)83(121)101-64(45-56-47-95-60-24-16-15-23-59(56)60)81(119)100-63(42-55-31-35-58(110)36-32-55)80(118)98-61(25-19-39-92)79(117)103-67(78(116)96-48-73(94)112)49-129-50-74(113)97-66(43-54-29-33-57(91)34-30-54)86(124)106(7)71(88(126)105(70)6)44-53-21-13-12-14-22-53/h12-16,21-24,29-36,47,51-52,61-71,76-77,95,110H,9-11,17-20,25-28,37-46,48-50,92H2,1-8H3,(H2,93,111)(H2,94,112)(H,96,116)(H,97,113)(H,98,118)(H,99,123)(H,100,119)(H,101,121)(H,102,122)(H,103,117)(H,104,120)(H,114,115)/t52?,61-,62-,63-,64-,65-,66-,67-,68+,69+,70-,71-,76-,77-/m0/s1. The lowest BCUT2D eigenvalue weighted by Crippen LogP contribution is -2.63. The second kappa shape index (κ2) is 49.1. The molecule has 8 rings (SSSR count). The number of aromatic amines is 1. The highest BCUT2D eigenvalue weighted by molar-refractivity contribution is 8.00. The van der Waals surface area contributed by atoms with Crippen molar-refractivity contribution in [2.75, 3.05) is 58.8 Å². The van der Waals surface area contributed by atoms with E-state index in [9.17, 15) is 53.0 Å². The van der Waals surface area contributed by atoms with Gasteiger partial charge in [0.25, 0.3) is 0 Å². The molecule has 16 amide bonds. The Morgan fingerprint density at radius 1 is 0.535 bits per heavy atom. The lowest BCUT2D eigenvalue weighted by molar-refractivity contribution is -0.152. The first-order valence-electron chi connectivity index (χ1n) is 43.7. The van der Waals surface area contributed by atoms with Crippen molar-refractivity contribution in [1.29, 1.82) is 0 Å². The number of carboxylic acids is 1. The number of carbonyl (C=O) groups is 17. The molecule has 0 aliphatic carbocycles. The molecule has 3 aliphatic heterocycles. The molecule has 39 heteroatoms. The third kappa shape index (κ3) is 29.0. The molecule has 0 saturated carbocycles. The number of hydrogen-bond donors (Lipinski definition) is 15. The number of halogens is 1. The van der Waals surface area contributed by atoms with Crippen LogP contribution < -0.4 is 65.1 Å². The number of aromatic nitrogens is 1. The predicted octanol–water partition coefficient (Wildman–Crippen LogP) is 0.734. The van der Waals surface area contributed by atoms with Crippen LogP contribution in [0.3, 0.4) is 0 Å². The number of thioether (sulfide) groups is 1. The maximum absolute atomic E-state index is 15.7. The number of amides is 16. The first-order chi connectivity index (χ1) is 61.4. The van der Waals surface area contributed by atoms with E-state index in [1.165, 1.54) is 72.2 Å². The molecule has 4 aromatic carbocycles. The molecule has 3 aliphatic rings. The molecule has 4 heterocycles. The molecule has 37 nitrogen and oxygen atoms in total. The first-order valence-corrected chi connectivity index (χ1v) is 44.9. The van der Waals surface area contributed by atoms with E-state index < -0.39 is 234 Å². The number of piperidine rings is 1. The Morgan fingerprint density at radius 2 is 1.09 bits per heavy atom. The zero-order chi connectivity index (χ0) is 94.5. The minimum atomic E-state index is -1.90. The number of hydrogen-bond acceptors (Lipinski definition) is 20. The zero-order valence-corrected chi connectivity index (χ0v) is 74.9. The number of rotatable bonds is 25. The Morgan fingerprint density at radius 3 is 1.72 bits per heavy atom. The number of aliphatic carboxylic acids is 1. The van der Waals surface area contributed by atoms with Crippen molar-refractivity contribution in [3.63, 3.8) is 0 Å². The van der Waals surface area contributed by atoms with Crippen LogP contribution in [0.2, 0.25) is 0 Å². The number of benzene rings is 4. The van der Waals surface area contributed by atoms with Crippen LogP contribution in [0.4, 0.5) is 4.39 Å². The van der Waals surface area contributed by atoms with E-state index in [1.807, 2.05) is 6.92 Å². The van der Waals surface area contributed by atoms with Gasteiger partial charge in [-0.25, -0.2) is 4.39 Å². The van der Waals surface area contributed by atoms with Gasteiger partial charge in [0, 0.05) is 89.2 Å². The minimum Gasteiger partial charge on any atom is -0.508 e. The summed E-state index contributed by atoms with van der Waals surface area (Å²) in [7, 11) is 3.97. The van der Waals surface area contributed by atoms with Crippen molar-refractivity contribution in [3.05, 3.63) is 137 Å². The number of aromatic hydroxyl groups is 1. The number of para-hydroxylation sites is 1. The first kappa shape index (κ1) is 102. The summed E-state index contributed by atoms with van der Waals surface area (Å²) in [5.74, 6) is -19.4. The highest BCUT2D eigenvalue weighted by Gasteiger charge is 2.46. The highest BCUT2D eigenvalue weighted by Crippen LogP contribution is 2.28. The number of phenols is 1. The fourth-order valence-corrected chi connectivity index (χ4v) is 17.1. The van der Waals surface area contributed by atoms with Gasteiger partial charge in [0.2, 0.25) is 94.5 Å². The van der Waals surface area contributed by atoms with Crippen molar-refractivity contribution < 1.29 is 96.1 Å². The molecule has 1 aromatic heterocycles. The Kier molecular flexibility index (Phi) is 38.8. The van der Waals surface area contributed by atoms with Crippen molar-refractivity contribution >= 4 is 123 Å². The van der Waals surface area contributed by atoms with Gasteiger partial charge >= 0.3 is 5.97 Å². The molecule has 700 valence electrons. The van der Waals surface area contributed by atoms with E-state index in [2.05, 4.69) is 52.8 Å². The normalized spacial score (nSPS) is 24.3. The quantitative estimate of drug-likeness (QED) is 0.0383. The summed E-state index contributed by atoms with van der Waals surface area (Å²) in [6, 6.07) is 6.27. The molecule has 0 spiro atoms. The molecular weight excluding hydrogens is 1690 g/mol. The van der Waals surface area contributed by atoms with Crippen molar-refractivity contribution in [2.24, 2.45) is 29.0 Å². The van der Waals surface area contributed by atoms with E-state index in [0.717, 1.165) is 33.7 Å². The molecule has 129 heavy (non-hydrogen) atoms. The Hall–Kier alpha value is -12.6. The predicted molar refractivity (Wildman–Crippen MR) is 476 cm³/mol. The maximum Gasteiger partial charge on any atom is 0.305 e. The molecule has 5 aromatic rings. The molecule has 0 radical (unpaired) electrons. The zero-order valence-electron chi connectivity index (χ0n) is 74.1. The van der Waals surface area contributed by atoms with E-state index in [0.29, 0.717) is 58.8 Å². The van der Waals surface area contributed by atoms with E-state index in [1.54, 1.807) is 88.5 Å². The van der Waals surface area contributed by atoms with Crippen molar-refractivity contribution in [2.45, 2.75) is 229 Å². The topological polar surface area (TPSA) is 549 Å². The maximum atomic E-state index is 15.7. The Bertz CT molecular complexity index is 4790. The number of nitrogens with zero attached hydrogens (tertiary/aromatic N) is 5.